The van der Waals surface area contributed by atoms with E-state index >= 15 is 0 Å². The van der Waals surface area contributed by atoms with Crippen molar-refractivity contribution in [2.45, 2.75) is 45.1 Å². The van der Waals surface area contributed by atoms with E-state index in [1.165, 1.54) is 12.1 Å². The molecule has 0 radical (unpaired) electrons. The van der Waals surface area contributed by atoms with Crippen molar-refractivity contribution in [3.8, 4) is 0 Å². The monoisotopic (exact) mass is 310 g/mol. The largest absolute Gasteiger partial charge is 0.416 e. The molecule has 4 nitrogen and oxygen atoms in total. The lowest BCUT2D eigenvalue weighted by Crippen LogP contribution is -2.34. The second-order valence-electron chi connectivity index (χ2n) is 5.67. The molecule has 0 fully saturated rings. The molecule has 2 aromatic rings. The van der Waals surface area contributed by atoms with Gasteiger partial charge in [-0.05, 0) is 25.5 Å². The highest BCUT2D eigenvalue weighted by atomic mass is 19.4. The molecule has 0 spiro atoms. The Hall–Kier alpha value is -1.89. The molecule has 1 aromatic heterocycles. The fraction of sp³-hybridized carbons (Fsp3) is 0.467. The molecule has 1 aliphatic rings. The normalized spacial score (nSPS) is 19.8. The van der Waals surface area contributed by atoms with Crippen LogP contribution in [0.2, 0.25) is 0 Å². The van der Waals surface area contributed by atoms with E-state index in [2.05, 4.69) is 15.6 Å². The Bertz CT molecular complexity index is 678. The van der Waals surface area contributed by atoms with Crippen LogP contribution >= 0.6 is 0 Å². The summed E-state index contributed by atoms with van der Waals surface area (Å²) in [6.07, 6.45) is -3.67. The highest BCUT2D eigenvalue weighted by Crippen LogP contribution is 2.36. The molecule has 0 bridgehead atoms. The fourth-order valence-corrected chi connectivity index (χ4v) is 2.89. The third-order valence-corrected chi connectivity index (χ3v) is 4.07. The molecular formula is C15H17F3N4. The van der Waals surface area contributed by atoms with Crippen LogP contribution in [0.5, 0.6) is 0 Å². The smallest absolute Gasteiger partial charge is 0.308 e. The van der Waals surface area contributed by atoms with Gasteiger partial charge in [-0.25, -0.2) is 4.68 Å². The van der Waals surface area contributed by atoms with Crippen molar-refractivity contribution in [1.29, 1.82) is 0 Å². The lowest BCUT2D eigenvalue weighted by atomic mass is 9.99. The Labute approximate surface area is 126 Å². The zero-order valence-corrected chi connectivity index (χ0v) is 12.4. The van der Waals surface area contributed by atoms with Crippen LogP contribution in [0.25, 0.3) is 0 Å². The summed E-state index contributed by atoms with van der Waals surface area (Å²) in [5, 5.41) is 11.5. The number of nitrogens with one attached hydrogen (secondary N) is 1. The second-order valence-corrected chi connectivity index (χ2v) is 5.67. The molecule has 0 amide bonds. The number of fused-ring (bicyclic) bond motifs is 1. The molecule has 1 aromatic carbocycles. The van der Waals surface area contributed by atoms with Gasteiger partial charge in [-0.15, -0.1) is 5.10 Å². The van der Waals surface area contributed by atoms with Crippen LogP contribution in [0.15, 0.2) is 24.3 Å². The third kappa shape index (κ3) is 2.61. The summed E-state index contributed by atoms with van der Waals surface area (Å²) in [5.41, 5.74) is 1.33. The minimum Gasteiger partial charge on any atom is -0.308 e. The molecule has 1 N–H and O–H groups in total. The van der Waals surface area contributed by atoms with E-state index < -0.39 is 17.8 Å². The molecule has 118 valence electrons. The van der Waals surface area contributed by atoms with Gasteiger partial charge in [0.15, 0.2) is 0 Å². The maximum absolute atomic E-state index is 13.2. The molecule has 0 saturated heterocycles. The fourth-order valence-electron chi connectivity index (χ4n) is 2.89. The van der Waals surface area contributed by atoms with Crippen molar-refractivity contribution < 1.29 is 13.2 Å². The minimum atomic E-state index is -4.37. The van der Waals surface area contributed by atoms with Gasteiger partial charge in [0.25, 0.3) is 0 Å². The van der Waals surface area contributed by atoms with Crippen LogP contribution in [0.1, 0.15) is 42.4 Å². The molecule has 1 unspecified atom stereocenters. The van der Waals surface area contributed by atoms with Crippen molar-refractivity contribution in [2.24, 2.45) is 0 Å². The Morgan fingerprint density at radius 2 is 2.05 bits per heavy atom. The first-order chi connectivity index (χ1) is 10.4. The summed E-state index contributed by atoms with van der Waals surface area (Å²) in [5.74, 6) is 0. The minimum absolute atomic E-state index is 0.217. The lowest BCUT2D eigenvalue weighted by molar-refractivity contribution is -0.138. The van der Waals surface area contributed by atoms with Gasteiger partial charge in [-0.3, -0.25) is 0 Å². The van der Waals surface area contributed by atoms with Gasteiger partial charge in [0, 0.05) is 19.0 Å². The summed E-state index contributed by atoms with van der Waals surface area (Å²) >= 11 is 0. The second kappa shape index (κ2) is 5.39. The predicted molar refractivity (Wildman–Crippen MR) is 75.3 cm³/mol. The topological polar surface area (TPSA) is 42.7 Å². The van der Waals surface area contributed by atoms with E-state index in [0.29, 0.717) is 13.0 Å². The van der Waals surface area contributed by atoms with E-state index in [1.54, 1.807) is 17.7 Å². The molecule has 1 aliphatic heterocycles. The van der Waals surface area contributed by atoms with Crippen LogP contribution in [0.3, 0.4) is 0 Å². The molecular weight excluding hydrogens is 293 g/mol. The van der Waals surface area contributed by atoms with Crippen LogP contribution in [-0.4, -0.2) is 21.0 Å². The first-order valence-electron chi connectivity index (χ1n) is 7.20. The number of benzene rings is 1. The van der Waals surface area contributed by atoms with E-state index in [0.717, 1.165) is 17.5 Å². The highest BCUT2D eigenvalue weighted by molar-refractivity contribution is 5.33. The molecule has 2 atom stereocenters. The third-order valence-electron chi connectivity index (χ3n) is 4.07. The van der Waals surface area contributed by atoms with Gasteiger partial charge < -0.3 is 5.32 Å². The van der Waals surface area contributed by atoms with Gasteiger partial charge >= 0.3 is 6.18 Å². The molecule has 3 rings (SSSR count). The Morgan fingerprint density at radius 3 is 2.77 bits per heavy atom. The van der Waals surface area contributed by atoms with Crippen molar-refractivity contribution >= 4 is 0 Å². The van der Waals surface area contributed by atoms with Crippen molar-refractivity contribution in [3.05, 3.63) is 46.8 Å². The summed E-state index contributed by atoms with van der Waals surface area (Å²) in [7, 11) is 0. The summed E-state index contributed by atoms with van der Waals surface area (Å²) in [4.78, 5) is 0. The Kier molecular flexibility index (Phi) is 3.68. The van der Waals surface area contributed by atoms with Gasteiger partial charge in [0.1, 0.15) is 0 Å². The first-order valence-corrected chi connectivity index (χ1v) is 7.20. The molecule has 0 aliphatic carbocycles. The number of halogens is 3. The molecule has 22 heavy (non-hydrogen) atoms. The van der Waals surface area contributed by atoms with E-state index in [4.69, 9.17) is 0 Å². The van der Waals surface area contributed by atoms with E-state index in [9.17, 15) is 13.2 Å². The quantitative estimate of drug-likeness (QED) is 0.927. The molecule has 7 heteroatoms. The van der Waals surface area contributed by atoms with Gasteiger partial charge in [0.05, 0.1) is 23.0 Å². The first kappa shape index (κ1) is 15.0. The number of hydrogen-bond acceptors (Lipinski definition) is 3. The standard InChI is InChI=1S/C15H17F3N4/c1-9-7-14-13(8-19-9)20-21-22(14)10(2)11-5-3-4-6-12(11)15(16,17)18/h3-6,9-10,19H,7-8H2,1-2H3/t9-,10?/m1/s1. The average Bonchev–Trinajstić information content (AvgIpc) is 2.88. The van der Waals surface area contributed by atoms with Crippen LogP contribution in [-0.2, 0) is 19.1 Å². The lowest BCUT2D eigenvalue weighted by Gasteiger charge is -2.24. The van der Waals surface area contributed by atoms with Crippen molar-refractivity contribution in [1.82, 2.24) is 20.3 Å². The van der Waals surface area contributed by atoms with Gasteiger partial charge in [0.2, 0.25) is 0 Å². The average molecular weight is 310 g/mol. The van der Waals surface area contributed by atoms with Gasteiger partial charge in [-0.1, -0.05) is 23.4 Å². The van der Waals surface area contributed by atoms with E-state index in [1.807, 2.05) is 6.92 Å². The Morgan fingerprint density at radius 1 is 1.32 bits per heavy atom. The number of hydrogen-bond donors (Lipinski definition) is 1. The summed E-state index contributed by atoms with van der Waals surface area (Å²) < 4.78 is 41.2. The predicted octanol–water partition coefficient (Wildman–Crippen LogP) is 2.94. The van der Waals surface area contributed by atoms with Gasteiger partial charge in [-0.2, -0.15) is 13.2 Å². The van der Waals surface area contributed by atoms with Crippen molar-refractivity contribution in [3.63, 3.8) is 0 Å². The Balaban J connectivity index is 2.03. The van der Waals surface area contributed by atoms with Crippen LogP contribution in [0, 0.1) is 0 Å². The number of aromatic nitrogens is 3. The zero-order chi connectivity index (χ0) is 15.9. The van der Waals surface area contributed by atoms with Crippen LogP contribution < -0.4 is 5.32 Å². The summed E-state index contributed by atoms with van der Waals surface area (Å²) in [6, 6.07) is 5.39. The SMILES string of the molecule is CC(c1ccccc1C(F)(F)F)n1nnc2c1C[C@@H](C)NC2. The van der Waals surface area contributed by atoms with Crippen molar-refractivity contribution in [2.75, 3.05) is 0 Å². The highest BCUT2D eigenvalue weighted by Gasteiger charge is 2.35. The maximum atomic E-state index is 13.2. The molecule has 2 heterocycles. The number of rotatable bonds is 2. The molecule has 0 saturated carbocycles. The van der Waals surface area contributed by atoms with Crippen LogP contribution in [0.4, 0.5) is 13.2 Å². The zero-order valence-electron chi connectivity index (χ0n) is 12.4. The summed E-state index contributed by atoms with van der Waals surface area (Å²) in [6.45, 7) is 4.37. The van der Waals surface area contributed by atoms with E-state index in [-0.39, 0.29) is 11.6 Å². The number of nitrogens with zero attached hydrogens (tertiary/aromatic N) is 3. The number of alkyl halides is 3. The maximum Gasteiger partial charge on any atom is 0.416 e.